The zero-order chi connectivity index (χ0) is 14.3. The highest BCUT2D eigenvalue weighted by molar-refractivity contribution is 6.42. The van der Waals surface area contributed by atoms with E-state index in [4.69, 9.17) is 23.2 Å². The Balaban J connectivity index is 1.89. The molecule has 2 fully saturated rings. The molecule has 0 bridgehead atoms. The lowest BCUT2D eigenvalue weighted by molar-refractivity contribution is -0.120. The molecule has 6 heteroatoms. The molecular formula is C14H14Cl2N2O2. The molecule has 20 heavy (non-hydrogen) atoms. The lowest BCUT2D eigenvalue weighted by Gasteiger charge is -2.38. The van der Waals surface area contributed by atoms with Gasteiger partial charge in [0.1, 0.15) is 0 Å². The van der Waals surface area contributed by atoms with Gasteiger partial charge in [0.05, 0.1) is 27.7 Å². The number of halogens is 2. The van der Waals surface area contributed by atoms with Crippen LogP contribution in [-0.2, 0) is 4.79 Å². The average molecular weight is 313 g/mol. The monoisotopic (exact) mass is 312 g/mol. The first-order chi connectivity index (χ1) is 9.51. The van der Waals surface area contributed by atoms with Gasteiger partial charge in [-0.05, 0) is 31.0 Å². The summed E-state index contributed by atoms with van der Waals surface area (Å²) >= 11 is 11.8. The highest BCUT2D eigenvalue weighted by Crippen LogP contribution is 2.37. The van der Waals surface area contributed by atoms with Crippen LogP contribution in [0.3, 0.4) is 0 Å². The number of hydrogen-bond acceptors (Lipinski definition) is 2. The molecule has 3 rings (SSSR count). The van der Waals surface area contributed by atoms with Crippen LogP contribution in [0.25, 0.3) is 0 Å². The molecule has 1 saturated heterocycles. The Bertz CT molecular complexity index is 563. The normalized spacial score (nSPS) is 21.4. The van der Waals surface area contributed by atoms with Crippen LogP contribution in [0.2, 0.25) is 10.0 Å². The van der Waals surface area contributed by atoms with Gasteiger partial charge in [0.2, 0.25) is 5.91 Å². The zero-order valence-electron chi connectivity index (χ0n) is 10.8. The van der Waals surface area contributed by atoms with Crippen molar-refractivity contribution in [3.05, 3.63) is 28.2 Å². The number of anilines is 1. The van der Waals surface area contributed by atoms with E-state index in [-0.39, 0.29) is 17.5 Å². The van der Waals surface area contributed by atoms with E-state index in [9.17, 15) is 9.59 Å². The summed E-state index contributed by atoms with van der Waals surface area (Å²) in [6.07, 6.45) is 4.21. The molecule has 3 amide bonds. The molecule has 0 atom stereocenters. The van der Waals surface area contributed by atoms with Gasteiger partial charge in [-0.15, -0.1) is 0 Å². The van der Waals surface area contributed by atoms with E-state index in [0.29, 0.717) is 22.2 Å². The first-order valence-corrected chi connectivity index (χ1v) is 7.37. The number of benzene rings is 1. The maximum Gasteiger partial charge on any atom is 0.329 e. The van der Waals surface area contributed by atoms with Crippen molar-refractivity contribution in [3.8, 4) is 0 Å². The number of urea groups is 1. The topological polar surface area (TPSA) is 49.4 Å². The molecule has 1 aliphatic carbocycles. The van der Waals surface area contributed by atoms with Gasteiger partial charge in [0.25, 0.3) is 0 Å². The molecule has 1 aliphatic heterocycles. The number of carbonyl (C=O) groups is 2. The number of carbonyl (C=O) groups excluding carboxylic acids is 2. The minimum Gasteiger partial charge on any atom is -0.331 e. The molecule has 1 aromatic carbocycles. The average Bonchev–Trinajstić information content (AvgIpc) is 2.80. The fourth-order valence-electron chi connectivity index (χ4n) is 3.05. The molecule has 106 valence electrons. The Kier molecular flexibility index (Phi) is 3.38. The predicted molar refractivity (Wildman–Crippen MR) is 78.3 cm³/mol. The molecule has 1 spiro atoms. The first-order valence-electron chi connectivity index (χ1n) is 6.61. The molecular weight excluding hydrogens is 299 g/mol. The highest BCUT2D eigenvalue weighted by atomic mass is 35.5. The molecule has 1 N–H and O–H groups in total. The van der Waals surface area contributed by atoms with Gasteiger partial charge >= 0.3 is 6.03 Å². The lowest BCUT2D eigenvalue weighted by atomic mass is 9.90. The summed E-state index contributed by atoms with van der Waals surface area (Å²) in [4.78, 5) is 25.8. The maximum atomic E-state index is 12.4. The van der Waals surface area contributed by atoms with Crippen LogP contribution in [-0.4, -0.2) is 17.5 Å². The second kappa shape index (κ2) is 4.93. The zero-order valence-corrected chi connectivity index (χ0v) is 12.3. The Morgan fingerprint density at radius 3 is 2.40 bits per heavy atom. The number of hydrogen-bond donors (Lipinski definition) is 1. The summed E-state index contributed by atoms with van der Waals surface area (Å²) in [6.45, 7) is 0. The van der Waals surface area contributed by atoms with Crippen molar-refractivity contribution in [3.63, 3.8) is 0 Å². The SMILES string of the molecule is O=C1CC2(CCCC2)NC(=O)N1c1ccc(Cl)c(Cl)c1. The van der Waals surface area contributed by atoms with E-state index in [2.05, 4.69) is 5.32 Å². The Morgan fingerprint density at radius 1 is 1.10 bits per heavy atom. The summed E-state index contributed by atoms with van der Waals surface area (Å²) in [6, 6.07) is 4.37. The van der Waals surface area contributed by atoms with Gasteiger partial charge in [-0.1, -0.05) is 36.0 Å². The van der Waals surface area contributed by atoms with Crippen LogP contribution < -0.4 is 10.2 Å². The van der Waals surface area contributed by atoms with Crippen molar-refractivity contribution in [2.24, 2.45) is 0 Å². The van der Waals surface area contributed by atoms with Gasteiger partial charge in [0.15, 0.2) is 0 Å². The number of nitrogens with one attached hydrogen (secondary N) is 1. The highest BCUT2D eigenvalue weighted by Gasteiger charge is 2.45. The fourth-order valence-corrected chi connectivity index (χ4v) is 3.34. The minimum absolute atomic E-state index is 0.186. The van der Waals surface area contributed by atoms with Crippen LogP contribution >= 0.6 is 23.2 Å². The Hall–Kier alpha value is -1.26. The summed E-state index contributed by atoms with van der Waals surface area (Å²) in [5, 5.41) is 3.72. The first kappa shape index (κ1) is 13.7. The Labute approximate surface area is 127 Å². The number of amides is 3. The molecule has 1 aromatic rings. The molecule has 4 nitrogen and oxygen atoms in total. The summed E-state index contributed by atoms with van der Waals surface area (Å²) in [7, 11) is 0. The summed E-state index contributed by atoms with van der Waals surface area (Å²) < 4.78 is 0. The third-order valence-electron chi connectivity index (χ3n) is 4.04. The largest absolute Gasteiger partial charge is 0.331 e. The van der Waals surface area contributed by atoms with Crippen LogP contribution in [0.15, 0.2) is 18.2 Å². The predicted octanol–water partition coefficient (Wildman–Crippen LogP) is 3.75. The minimum atomic E-state index is -0.374. The van der Waals surface area contributed by atoms with Gasteiger partial charge in [-0.2, -0.15) is 0 Å². The summed E-state index contributed by atoms with van der Waals surface area (Å²) in [5.74, 6) is -0.186. The van der Waals surface area contributed by atoms with Crippen molar-refractivity contribution in [1.82, 2.24) is 5.32 Å². The molecule has 0 radical (unpaired) electrons. The van der Waals surface area contributed by atoms with Crippen molar-refractivity contribution >= 4 is 40.8 Å². The van der Waals surface area contributed by atoms with E-state index in [1.165, 1.54) is 6.07 Å². The van der Waals surface area contributed by atoms with E-state index in [0.717, 1.165) is 30.6 Å². The number of nitrogens with zero attached hydrogens (tertiary/aromatic N) is 1. The van der Waals surface area contributed by atoms with Crippen LogP contribution in [0.5, 0.6) is 0 Å². The van der Waals surface area contributed by atoms with Crippen LogP contribution in [0, 0.1) is 0 Å². The quantitative estimate of drug-likeness (QED) is 0.858. The van der Waals surface area contributed by atoms with Crippen molar-refractivity contribution in [2.75, 3.05) is 4.90 Å². The second-order valence-electron chi connectivity index (χ2n) is 5.42. The lowest BCUT2D eigenvalue weighted by Crippen LogP contribution is -2.61. The smallest absolute Gasteiger partial charge is 0.329 e. The maximum absolute atomic E-state index is 12.4. The number of imide groups is 1. The van der Waals surface area contributed by atoms with E-state index in [1.54, 1.807) is 12.1 Å². The van der Waals surface area contributed by atoms with Gasteiger partial charge < -0.3 is 5.32 Å². The van der Waals surface area contributed by atoms with E-state index < -0.39 is 0 Å². The van der Waals surface area contributed by atoms with Crippen molar-refractivity contribution < 1.29 is 9.59 Å². The molecule has 1 saturated carbocycles. The molecule has 0 unspecified atom stereocenters. The van der Waals surface area contributed by atoms with E-state index in [1.807, 2.05) is 0 Å². The molecule has 2 aliphatic rings. The number of rotatable bonds is 1. The van der Waals surface area contributed by atoms with Gasteiger partial charge in [0, 0.05) is 0 Å². The summed E-state index contributed by atoms with van der Waals surface area (Å²) in [5.41, 5.74) is 0.121. The van der Waals surface area contributed by atoms with Gasteiger partial charge in [-0.3, -0.25) is 4.79 Å². The fraction of sp³-hybridized carbons (Fsp3) is 0.429. The van der Waals surface area contributed by atoms with Crippen molar-refractivity contribution in [2.45, 2.75) is 37.6 Å². The van der Waals surface area contributed by atoms with E-state index >= 15 is 0 Å². The van der Waals surface area contributed by atoms with Gasteiger partial charge in [-0.25, -0.2) is 9.69 Å². The second-order valence-corrected chi connectivity index (χ2v) is 6.24. The molecule has 1 heterocycles. The van der Waals surface area contributed by atoms with Crippen LogP contribution in [0.4, 0.5) is 10.5 Å². The molecule has 0 aromatic heterocycles. The third kappa shape index (κ3) is 2.27. The standard InChI is InChI=1S/C14H14Cl2N2O2/c15-10-4-3-9(7-11(10)16)18-12(19)8-14(17-13(18)20)5-1-2-6-14/h3-4,7H,1-2,5-6,8H2,(H,17,20). The third-order valence-corrected chi connectivity index (χ3v) is 4.78. The van der Waals surface area contributed by atoms with Crippen molar-refractivity contribution in [1.29, 1.82) is 0 Å². The van der Waals surface area contributed by atoms with Crippen LogP contribution in [0.1, 0.15) is 32.1 Å². The Morgan fingerprint density at radius 2 is 1.80 bits per heavy atom.